The fourth-order valence-electron chi connectivity index (χ4n) is 2.16. The molecule has 1 aromatic heterocycles. The molecule has 0 bridgehead atoms. The van der Waals surface area contributed by atoms with Crippen LogP contribution in [-0.4, -0.2) is 36.7 Å². The number of rotatable bonds is 2. The number of benzene rings is 1. The van der Waals surface area contributed by atoms with Gasteiger partial charge in [-0.3, -0.25) is 9.78 Å². The molecule has 0 saturated carbocycles. The van der Waals surface area contributed by atoms with Crippen LogP contribution < -0.4 is 10.6 Å². The van der Waals surface area contributed by atoms with Crippen LogP contribution in [0.25, 0.3) is 10.9 Å². The number of amides is 1. The molecule has 3 rings (SSSR count). The monoisotopic (exact) mass is 257 g/mol. The van der Waals surface area contributed by atoms with Gasteiger partial charge >= 0.3 is 0 Å². The number of pyridine rings is 1. The first-order valence-corrected chi connectivity index (χ1v) is 6.30. The molecule has 1 atom stereocenters. The number of ether oxygens (including phenoxy) is 1. The summed E-state index contributed by atoms with van der Waals surface area (Å²) in [5.41, 5.74) is 1.53. The fourth-order valence-corrected chi connectivity index (χ4v) is 2.16. The summed E-state index contributed by atoms with van der Waals surface area (Å²) in [4.78, 5) is 16.4. The second kappa shape index (κ2) is 5.34. The van der Waals surface area contributed by atoms with E-state index in [1.165, 1.54) is 0 Å². The van der Waals surface area contributed by atoms with E-state index in [4.69, 9.17) is 4.74 Å². The van der Waals surface area contributed by atoms with Crippen LogP contribution in [0.3, 0.4) is 0 Å². The lowest BCUT2D eigenvalue weighted by Crippen LogP contribution is -2.48. The maximum absolute atomic E-state index is 12.1. The molecule has 5 nitrogen and oxygen atoms in total. The van der Waals surface area contributed by atoms with Gasteiger partial charge < -0.3 is 15.4 Å². The first-order valence-electron chi connectivity index (χ1n) is 6.30. The molecule has 1 unspecified atom stereocenters. The predicted molar refractivity (Wildman–Crippen MR) is 73.0 cm³/mol. The highest BCUT2D eigenvalue weighted by molar-refractivity contribution is 6.02. The number of carbonyl (C=O) groups is 1. The van der Waals surface area contributed by atoms with Crippen LogP contribution in [0, 0.1) is 0 Å². The third-order valence-electron chi connectivity index (χ3n) is 3.13. The lowest BCUT2D eigenvalue weighted by atomic mass is 10.2. The lowest BCUT2D eigenvalue weighted by molar-refractivity contribution is -0.120. The molecule has 1 aromatic carbocycles. The van der Waals surface area contributed by atoms with Gasteiger partial charge in [0.05, 0.1) is 24.4 Å². The van der Waals surface area contributed by atoms with Gasteiger partial charge in [0.1, 0.15) is 6.04 Å². The van der Waals surface area contributed by atoms with Crippen molar-refractivity contribution in [3.63, 3.8) is 0 Å². The summed E-state index contributed by atoms with van der Waals surface area (Å²) in [6, 6.07) is 9.29. The average molecular weight is 257 g/mol. The van der Waals surface area contributed by atoms with Gasteiger partial charge in [-0.2, -0.15) is 0 Å². The highest BCUT2D eigenvalue weighted by Gasteiger charge is 2.21. The van der Waals surface area contributed by atoms with E-state index in [0.29, 0.717) is 19.8 Å². The SMILES string of the molecule is O=C(Nc1cccc2cccnc12)C1COCCN1. The third-order valence-corrected chi connectivity index (χ3v) is 3.13. The minimum absolute atomic E-state index is 0.0853. The predicted octanol–water partition coefficient (Wildman–Crippen LogP) is 1.16. The molecule has 1 saturated heterocycles. The Balaban J connectivity index is 1.82. The molecule has 0 spiro atoms. The van der Waals surface area contributed by atoms with Gasteiger partial charge in [0.2, 0.25) is 5.91 Å². The molecule has 1 aliphatic rings. The zero-order valence-corrected chi connectivity index (χ0v) is 10.4. The van der Waals surface area contributed by atoms with Gasteiger partial charge in [-0.25, -0.2) is 0 Å². The van der Waals surface area contributed by atoms with Gasteiger partial charge in [-0.05, 0) is 12.1 Å². The standard InChI is InChI=1S/C14H15N3O2/c18-14(12-9-19-8-7-15-12)17-11-5-1-3-10-4-2-6-16-13(10)11/h1-6,12,15H,7-9H2,(H,17,18). The number of nitrogens with one attached hydrogen (secondary N) is 2. The molecule has 1 aliphatic heterocycles. The van der Waals surface area contributed by atoms with Crippen molar-refractivity contribution in [1.29, 1.82) is 0 Å². The van der Waals surface area contributed by atoms with Crippen molar-refractivity contribution in [1.82, 2.24) is 10.3 Å². The number of nitrogens with zero attached hydrogens (tertiary/aromatic N) is 1. The minimum atomic E-state index is -0.298. The zero-order valence-electron chi connectivity index (χ0n) is 10.4. The molecule has 1 fully saturated rings. The van der Waals surface area contributed by atoms with Crippen molar-refractivity contribution in [3.8, 4) is 0 Å². The maximum atomic E-state index is 12.1. The number of para-hydroxylation sites is 1. The smallest absolute Gasteiger partial charge is 0.243 e. The van der Waals surface area contributed by atoms with Crippen LogP contribution in [0.4, 0.5) is 5.69 Å². The van der Waals surface area contributed by atoms with Crippen molar-refractivity contribution in [3.05, 3.63) is 36.5 Å². The van der Waals surface area contributed by atoms with E-state index in [0.717, 1.165) is 16.6 Å². The van der Waals surface area contributed by atoms with Crippen LogP contribution in [0.2, 0.25) is 0 Å². The summed E-state index contributed by atoms with van der Waals surface area (Å²) in [6.45, 7) is 1.76. The van der Waals surface area contributed by atoms with Crippen LogP contribution in [0.15, 0.2) is 36.5 Å². The number of anilines is 1. The molecular weight excluding hydrogens is 242 g/mol. The van der Waals surface area contributed by atoms with E-state index in [-0.39, 0.29) is 11.9 Å². The number of hydrogen-bond donors (Lipinski definition) is 2. The van der Waals surface area contributed by atoms with Gasteiger partial charge in [-0.1, -0.05) is 18.2 Å². The second-order valence-electron chi connectivity index (χ2n) is 4.45. The van der Waals surface area contributed by atoms with Crippen molar-refractivity contribution in [2.75, 3.05) is 25.1 Å². The summed E-state index contributed by atoms with van der Waals surface area (Å²) in [6.07, 6.45) is 1.72. The number of fused-ring (bicyclic) bond motifs is 1. The first-order chi connectivity index (χ1) is 9.34. The normalized spacial score (nSPS) is 19.3. The summed E-state index contributed by atoms with van der Waals surface area (Å²) < 4.78 is 5.29. The Hall–Kier alpha value is -1.98. The van der Waals surface area contributed by atoms with Gasteiger partial charge in [0.15, 0.2) is 0 Å². The van der Waals surface area contributed by atoms with Crippen molar-refractivity contribution in [2.24, 2.45) is 0 Å². The van der Waals surface area contributed by atoms with E-state index in [2.05, 4.69) is 15.6 Å². The molecule has 98 valence electrons. The lowest BCUT2D eigenvalue weighted by Gasteiger charge is -2.23. The topological polar surface area (TPSA) is 63.2 Å². The van der Waals surface area contributed by atoms with E-state index in [9.17, 15) is 4.79 Å². The number of hydrogen-bond acceptors (Lipinski definition) is 4. The quantitative estimate of drug-likeness (QED) is 0.847. The summed E-state index contributed by atoms with van der Waals surface area (Å²) in [7, 11) is 0. The first kappa shape index (κ1) is 12.1. The Morgan fingerprint density at radius 2 is 2.26 bits per heavy atom. The Bertz CT molecular complexity index is 589. The highest BCUT2D eigenvalue weighted by atomic mass is 16.5. The van der Waals surface area contributed by atoms with E-state index in [1.807, 2.05) is 30.3 Å². The Kier molecular flexibility index (Phi) is 3.39. The van der Waals surface area contributed by atoms with Crippen LogP contribution in [0.1, 0.15) is 0 Å². The second-order valence-corrected chi connectivity index (χ2v) is 4.45. The molecule has 2 aromatic rings. The molecule has 19 heavy (non-hydrogen) atoms. The van der Waals surface area contributed by atoms with Crippen LogP contribution in [-0.2, 0) is 9.53 Å². The van der Waals surface area contributed by atoms with Gasteiger partial charge in [0.25, 0.3) is 0 Å². The van der Waals surface area contributed by atoms with E-state index in [1.54, 1.807) is 6.20 Å². The molecule has 2 heterocycles. The number of aromatic nitrogens is 1. The van der Waals surface area contributed by atoms with E-state index >= 15 is 0 Å². The van der Waals surface area contributed by atoms with Crippen molar-refractivity contribution in [2.45, 2.75) is 6.04 Å². The van der Waals surface area contributed by atoms with Gasteiger partial charge in [-0.15, -0.1) is 0 Å². The average Bonchev–Trinajstić information content (AvgIpc) is 2.48. The van der Waals surface area contributed by atoms with Crippen molar-refractivity contribution < 1.29 is 9.53 Å². The third kappa shape index (κ3) is 2.57. The summed E-state index contributed by atoms with van der Waals surface area (Å²) in [5, 5.41) is 7.05. The molecule has 0 radical (unpaired) electrons. The van der Waals surface area contributed by atoms with Crippen LogP contribution >= 0.6 is 0 Å². The summed E-state index contributed by atoms with van der Waals surface area (Å²) in [5.74, 6) is -0.0853. The maximum Gasteiger partial charge on any atom is 0.243 e. The number of carbonyl (C=O) groups excluding carboxylic acids is 1. The largest absolute Gasteiger partial charge is 0.378 e. The molecule has 2 N–H and O–H groups in total. The van der Waals surface area contributed by atoms with E-state index < -0.39 is 0 Å². The highest BCUT2D eigenvalue weighted by Crippen LogP contribution is 2.20. The fraction of sp³-hybridized carbons (Fsp3) is 0.286. The van der Waals surface area contributed by atoms with Crippen molar-refractivity contribution >= 4 is 22.5 Å². The zero-order chi connectivity index (χ0) is 13.1. The number of morpholine rings is 1. The Morgan fingerprint density at radius 3 is 3.11 bits per heavy atom. The Morgan fingerprint density at radius 1 is 1.37 bits per heavy atom. The summed E-state index contributed by atoms with van der Waals surface area (Å²) >= 11 is 0. The Labute approximate surface area is 111 Å². The molecule has 5 heteroatoms. The molecular formula is C14H15N3O2. The molecule has 1 amide bonds. The van der Waals surface area contributed by atoms with Gasteiger partial charge in [0, 0.05) is 18.1 Å². The molecule has 0 aliphatic carbocycles. The van der Waals surface area contributed by atoms with Crippen LogP contribution in [0.5, 0.6) is 0 Å². The minimum Gasteiger partial charge on any atom is -0.378 e.